The summed E-state index contributed by atoms with van der Waals surface area (Å²) in [6, 6.07) is 24.0. The highest BCUT2D eigenvalue weighted by Crippen LogP contribution is 2.18. The molecule has 2 N–H and O–H groups in total. The van der Waals surface area contributed by atoms with Crippen LogP contribution < -0.4 is 10.6 Å². The van der Waals surface area contributed by atoms with E-state index in [0.717, 1.165) is 34.0 Å². The van der Waals surface area contributed by atoms with E-state index in [1.807, 2.05) is 61.5 Å². The molecule has 0 unspecified atom stereocenters. The zero-order valence-electron chi connectivity index (χ0n) is 17.5. The second kappa shape index (κ2) is 9.76. The molecule has 1 aromatic heterocycles. The Kier molecular flexibility index (Phi) is 6.43. The van der Waals surface area contributed by atoms with Crippen molar-refractivity contribution in [3.63, 3.8) is 0 Å². The van der Waals surface area contributed by atoms with E-state index >= 15 is 0 Å². The van der Waals surface area contributed by atoms with E-state index in [4.69, 9.17) is 4.42 Å². The molecule has 0 fully saturated rings. The highest BCUT2D eigenvalue weighted by molar-refractivity contribution is 6.40. The lowest BCUT2D eigenvalue weighted by Crippen LogP contribution is -2.39. The SMILES string of the molecule is C/C=C(\N/C(Cc1ccccc1)=C1/CN=C(Cc2ccco2)C(=O)N1)c1ccccc1. The summed E-state index contributed by atoms with van der Waals surface area (Å²) in [5.74, 6) is 0.538. The van der Waals surface area contributed by atoms with Crippen LogP contribution in [0.15, 0.2) is 106 Å². The van der Waals surface area contributed by atoms with E-state index in [1.165, 1.54) is 0 Å². The number of nitrogens with one attached hydrogen (secondary N) is 2. The predicted molar refractivity (Wildman–Crippen MR) is 123 cm³/mol. The Bertz CT molecular complexity index is 1110. The Morgan fingerprint density at radius 1 is 1.06 bits per heavy atom. The molecule has 156 valence electrons. The average molecular weight is 412 g/mol. The molecular formula is C26H25N3O2. The minimum Gasteiger partial charge on any atom is -0.469 e. The fraction of sp³-hybridized carbons (Fsp3) is 0.154. The first-order valence-corrected chi connectivity index (χ1v) is 10.3. The number of nitrogens with zero attached hydrogens (tertiary/aromatic N) is 1. The molecule has 31 heavy (non-hydrogen) atoms. The van der Waals surface area contributed by atoms with Crippen molar-refractivity contribution in [2.75, 3.05) is 6.54 Å². The fourth-order valence-corrected chi connectivity index (χ4v) is 3.50. The third kappa shape index (κ3) is 5.20. The number of benzene rings is 2. The monoisotopic (exact) mass is 411 g/mol. The summed E-state index contributed by atoms with van der Waals surface area (Å²) in [5, 5.41) is 6.62. The van der Waals surface area contributed by atoms with Crippen molar-refractivity contribution in [1.82, 2.24) is 10.6 Å². The van der Waals surface area contributed by atoms with Gasteiger partial charge < -0.3 is 15.1 Å². The standard InChI is InChI=1S/C26H25N3O2/c1-2-22(20-12-7-4-8-13-20)28-23(16-19-10-5-3-6-11-19)25-18-27-24(26(30)29-25)17-21-14-9-15-31-21/h2-15,28H,16-18H2,1H3,(H,29,30)/b22-2-,25-23-. The third-order valence-electron chi connectivity index (χ3n) is 5.12. The quantitative estimate of drug-likeness (QED) is 0.602. The third-order valence-corrected chi connectivity index (χ3v) is 5.12. The maximum absolute atomic E-state index is 12.8. The topological polar surface area (TPSA) is 66.6 Å². The Labute approximate surface area is 182 Å². The smallest absolute Gasteiger partial charge is 0.269 e. The van der Waals surface area contributed by atoms with Crippen LogP contribution in [-0.4, -0.2) is 18.2 Å². The number of hydrogen-bond acceptors (Lipinski definition) is 4. The molecule has 2 aromatic carbocycles. The Morgan fingerprint density at radius 2 is 1.81 bits per heavy atom. The predicted octanol–water partition coefficient (Wildman–Crippen LogP) is 4.50. The maximum Gasteiger partial charge on any atom is 0.269 e. The van der Waals surface area contributed by atoms with Gasteiger partial charge in [-0.1, -0.05) is 66.7 Å². The molecule has 0 saturated heterocycles. The minimum absolute atomic E-state index is 0.188. The molecule has 1 amide bonds. The van der Waals surface area contributed by atoms with Crippen molar-refractivity contribution in [2.24, 2.45) is 4.99 Å². The molecule has 0 radical (unpaired) electrons. The summed E-state index contributed by atoms with van der Waals surface area (Å²) in [4.78, 5) is 17.3. The van der Waals surface area contributed by atoms with Gasteiger partial charge in [-0.3, -0.25) is 9.79 Å². The van der Waals surface area contributed by atoms with Crippen LogP contribution in [0.2, 0.25) is 0 Å². The van der Waals surface area contributed by atoms with Gasteiger partial charge in [0, 0.05) is 17.8 Å². The van der Waals surface area contributed by atoms with Gasteiger partial charge in [0.25, 0.3) is 5.91 Å². The molecule has 5 heteroatoms. The average Bonchev–Trinajstić information content (AvgIpc) is 3.32. The number of furan rings is 1. The van der Waals surface area contributed by atoms with Gasteiger partial charge in [0.05, 0.1) is 24.9 Å². The number of carbonyl (C=O) groups excluding carboxylic acids is 1. The zero-order chi connectivity index (χ0) is 21.5. The van der Waals surface area contributed by atoms with Crippen LogP contribution in [0, 0.1) is 0 Å². The molecule has 2 heterocycles. The van der Waals surface area contributed by atoms with E-state index in [2.05, 4.69) is 39.9 Å². The van der Waals surface area contributed by atoms with Gasteiger partial charge in [-0.2, -0.15) is 0 Å². The Hall–Kier alpha value is -3.86. The summed E-state index contributed by atoms with van der Waals surface area (Å²) >= 11 is 0. The number of allylic oxidation sites excluding steroid dienone is 2. The highest BCUT2D eigenvalue weighted by atomic mass is 16.3. The second-order valence-corrected chi connectivity index (χ2v) is 7.29. The summed E-state index contributed by atoms with van der Waals surface area (Å²) in [5.41, 5.74) is 5.41. The number of carbonyl (C=O) groups is 1. The molecular weight excluding hydrogens is 386 g/mol. The van der Waals surface area contributed by atoms with Crippen molar-refractivity contribution in [3.8, 4) is 0 Å². The summed E-state index contributed by atoms with van der Waals surface area (Å²) in [6.45, 7) is 2.40. The van der Waals surface area contributed by atoms with Crippen LogP contribution >= 0.6 is 0 Å². The van der Waals surface area contributed by atoms with Crippen molar-refractivity contribution >= 4 is 17.3 Å². The van der Waals surface area contributed by atoms with Crippen molar-refractivity contribution in [1.29, 1.82) is 0 Å². The first-order chi connectivity index (χ1) is 15.2. The van der Waals surface area contributed by atoms with Crippen LogP contribution in [0.4, 0.5) is 0 Å². The summed E-state index contributed by atoms with van der Waals surface area (Å²) in [6.07, 6.45) is 4.69. The van der Waals surface area contributed by atoms with E-state index in [0.29, 0.717) is 25.1 Å². The van der Waals surface area contributed by atoms with Crippen molar-refractivity contribution in [2.45, 2.75) is 19.8 Å². The lowest BCUT2D eigenvalue weighted by Gasteiger charge is -2.22. The Morgan fingerprint density at radius 3 is 2.45 bits per heavy atom. The van der Waals surface area contributed by atoms with Crippen LogP contribution in [0.25, 0.3) is 5.70 Å². The normalized spacial score (nSPS) is 15.8. The zero-order valence-corrected chi connectivity index (χ0v) is 17.5. The van der Waals surface area contributed by atoms with Crippen molar-refractivity contribution in [3.05, 3.63) is 113 Å². The molecule has 0 aliphatic carbocycles. The number of rotatable bonds is 7. The van der Waals surface area contributed by atoms with Crippen LogP contribution in [-0.2, 0) is 17.6 Å². The van der Waals surface area contributed by atoms with Gasteiger partial charge in [0.1, 0.15) is 11.5 Å². The molecule has 5 nitrogen and oxygen atoms in total. The van der Waals surface area contributed by atoms with Gasteiger partial charge in [-0.15, -0.1) is 0 Å². The second-order valence-electron chi connectivity index (χ2n) is 7.29. The molecule has 0 atom stereocenters. The fourth-order valence-electron chi connectivity index (χ4n) is 3.50. The van der Waals surface area contributed by atoms with Gasteiger partial charge in [-0.25, -0.2) is 0 Å². The summed E-state index contributed by atoms with van der Waals surface area (Å²) < 4.78 is 5.36. The number of hydrogen-bond donors (Lipinski definition) is 2. The van der Waals surface area contributed by atoms with E-state index in [9.17, 15) is 4.79 Å². The molecule has 3 aromatic rings. The van der Waals surface area contributed by atoms with Gasteiger partial charge >= 0.3 is 0 Å². The largest absolute Gasteiger partial charge is 0.469 e. The number of aliphatic imine (C=N–C) groups is 1. The van der Waals surface area contributed by atoms with Gasteiger partial charge in [0.15, 0.2) is 0 Å². The molecule has 0 bridgehead atoms. The van der Waals surface area contributed by atoms with Crippen LogP contribution in [0.3, 0.4) is 0 Å². The van der Waals surface area contributed by atoms with Gasteiger partial charge in [0.2, 0.25) is 0 Å². The van der Waals surface area contributed by atoms with Gasteiger partial charge in [-0.05, 0) is 30.2 Å². The molecule has 1 aliphatic rings. The highest BCUT2D eigenvalue weighted by Gasteiger charge is 2.22. The number of amides is 1. The minimum atomic E-state index is -0.188. The molecule has 4 rings (SSSR count). The Balaban J connectivity index is 1.63. The van der Waals surface area contributed by atoms with Crippen LogP contribution in [0.1, 0.15) is 23.8 Å². The van der Waals surface area contributed by atoms with Crippen LogP contribution in [0.5, 0.6) is 0 Å². The lowest BCUT2D eigenvalue weighted by atomic mass is 10.1. The first-order valence-electron chi connectivity index (χ1n) is 10.3. The first kappa shape index (κ1) is 20.4. The van der Waals surface area contributed by atoms with E-state index in [1.54, 1.807) is 6.26 Å². The lowest BCUT2D eigenvalue weighted by molar-refractivity contribution is -0.114. The summed E-state index contributed by atoms with van der Waals surface area (Å²) in [7, 11) is 0. The van der Waals surface area contributed by atoms with E-state index < -0.39 is 0 Å². The molecule has 0 saturated carbocycles. The molecule has 1 aliphatic heterocycles. The maximum atomic E-state index is 12.8. The van der Waals surface area contributed by atoms with E-state index in [-0.39, 0.29) is 5.91 Å². The van der Waals surface area contributed by atoms with Crippen molar-refractivity contribution < 1.29 is 9.21 Å². The molecule has 0 spiro atoms.